The first-order valence-electron chi connectivity index (χ1n) is 7.93. The lowest BCUT2D eigenvalue weighted by Gasteiger charge is -2.18. The summed E-state index contributed by atoms with van der Waals surface area (Å²) < 4.78 is 5.38. The summed E-state index contributed by atoms with van der Waals surface area (Å²) >= 11 is 6.00. The second-order valence-electron chi connectivity index (χ2n) is 6.01. The number of benzene rings is 1. The van der Waals surface area contributed by atoms with Crippen LogP contribution in [0.25, 0.3) is 11.5 Å². The van der Waals surface area contributed by atoms with Crippen LogP contribution in [0.2, 0.25) is 5.02 Å². The second-order valence-corrected chi connectivity index (χ2v) is 6.44. The third-order valence-corrected chi connectivity index (χ3v) is 4.49. The Labute approximate surface area is 149 Å². The molecule has 1 aromatic carbocycles. The number of amides is 1. The monoisotopic (exact) mass is 354 g/mol. The molecule has 0 spiro atoms. The Hall–Kier alpha value is -2.73. The van der Waals surface area contributed by atoms with Crippen molar-refractivity contribution >= 4 is 23.2 Å². The molecule has 1 fully saturated rings. The van der Waals surface area contributed by atoms with Crippen LogP contribution in [0.1, 0.15) is 23.8 Å². The van der Waals surface area contributed by atoms with Gasteiger partial charge >= 0.3 is 0 Å². The Morgan fingerprint density at radius 2 is 2.16 bits per heavy atom. The van der Waals surface area contributed by atoms with Gasteiger partial charge < -0.3 is 9.42 Å². The van der Waals surface area contributed by atoms with Crippen molar-refractivity contribution in [1.29, 1.82) is 0 Å². The lowest BCUT2D eigenvalue weighted by Crippen LogP contribution is -2.25. The minimum atomic E-state index is -0.132. The number of carbonyl (C=O) groups excluding carboxylic acids is 1. The minimum Gasteiger partial charge on any atom is -0.339 e. The van der Waals surface area contributed by atoms with E-state index >= 15 is 0 Å². The van der Waals surface area contributed by atoms with Gasteiger partial charge in [0.1, 0.15) is 5.69 Å². The lowest BCUT2D eigenvalue weighted by molar-refractivity contribution is -0.117. The van der Waals surface area contributed by atoms with Crippen LogP contribution in [-0.4, -0.2) is 27.6 Å². The summed E-state index contributed by atoms with van der Waals surface area (Å²) in [5, 5.41) is 4.64. The largest absolute Gasteiger partial charge is 0.339 e. The Morgan fingerprint density at radius 3 is 2.92 bits per heavy atom. The summed E-state index contributed by atoms with van der Waals surface area (Å²) in [6, 6.07) is 11.0. The normalized spacial score (nSPS) is 17.3. The van der Waals surface area contributed by atoms with Gasteiger partial charge in [0.2, 0.25) is 17.6 Å². The van der Waals surface area contributed by atoms with E-state index in [0.29, 0.717) is 35.4 Å². The van der Waals surface area contributed by atoms with Gasteiger partial charge in [-0.1, -0.05) is 22.8 Å². The van der Waals surface area contributed by atoms with E-state index in [9.17, 15) is 4.79 Å². The topological polar surface area (TPSA) is 72.1 Å². The van der Waals surface area contributed by atoms with Gasteiger partial charge in [-0.15, -0.1) is 0 Å². The fraction of sp³-hybridized carbons (Fsp3) is 0.222. The summed E-state index contributed by atoms with van der Waals surface area (Å²) in [6.45, 7) is 2.44. The predicted octanol–water partition coefficient (Wildman–Crippen LogP) is 3.61. The van der Waals surface area contributed by atoms with Crippen molar-refractivity contribution in [2.45, 2.75) is 19.3 Å². The van der Waals surface area contributed by atoms with E-state index in [2.05, 4.69) is 15.1 Å². The van der Waals surface area contributed by atoms with Gasteiger partial charge in [0.25, 0.3) is 0 Å². The number of halogens is 1. The van der Waals surface area contributed by atoms with Gasteiger partial charge in [-0.25, -0.2) is 0 Å². The number of carbonyl (C=O) groups is 1. The molecule has 0 bridgehead atoms. The molecule has 1 saturated heterocycles. The van der Waals surface area contributed by atoms with Crippen LogP contribution in [0, 0.1) is 6.92 Å². The minimum absolute atomic E-state index is 0.0352. The molecule has 25 heavy (non-hydrogen) atoms. The molecule has 1 unspecified atom stereocenters. The van der Waals surface area contributed by atoms with Crippen LogP contribution in [0.15, 0.2) is 47.1 Å². The molecule has 126 valence electrons. The number of hydrogen-bond acceptors (Lipinski definition) is 5. The highest BCUT2D eigenvalue weighted by Gasteiger charge is 2.35. The Kier molecular flexibility index (Phi) is 3.97. The molecule has 6 nitrogen and oxygen atoms in total. The van der Waals surface area contributed by atoms with E-state index in [1.165, 1.54) is 0 Å². The average molecular weight is 355 g/mol. The number of anilines is 1. The van der Waals surface area contributed by atoms with Gasteiger partial charge in [0.15, 0.2) is 0 Å². The molecule has 3 heterocycles. The van der Waals surface area contributed by atoms with E-state index in [4.69, 9.17) is 16.1 Å². The number of aromatic nitrogens is 3. The van der Waals surface area contributed by atoms with Gasteiger partial charge in [-0.3, -0.25) is 9.78 Å². The first kappa shape index (κ1) is 15.8. The van der Waals surface area contributed by atoms with Crippen molar-refractivity contribution in [3.8, 4) is 11.5 Å². The van der Waals surface area contributed by atoms with Crippen LogP contribution in [0.3, 0.4) is 0 Å². The number of aryl methyl sites for hydroxylation is 1. The fourth-order valence-electron chi connectivity index (χ4n) is 3.03. The second kappa shape index (κ2) is 6.29. The third-order valence-electron chi connectivity index (χ3n) is 4.26. The standard InChI is InChI=1S/C18H15ClN4O2/c1-11-8-13(19)5-6-15(11)23-10-12(9-16(23)24)18-21-17(22-25-18)14-4-2-3-7-20-14/h2-8,12H,9-10H2,1H3. The zero-order valence-corrected chi connectivity index (χ0v) is 14.3. The zero-order valence-electron chi connectivity index (χ0n) is 13.5. The van der Waals surface area contributed by atoms with Crippen LogP contribution in [0.4, 0.5) is 5.69 Å². The number of pyridine rings is 1. The van der Waals surface area contributed by atoms with Crippen molar-refractivity contribution in [3.05, 3.63) is 59.1 Å². The van der Waals surface area contributed by atoms with Crippen LogP contribution in [0.5, 0.6) is 0 Å². The summed E-state index contributed by atoms with van der Waals surface area (Å²) in [6.07, 6.45) is 2.02. The highest BCUT2D eigenvalue weighted by molar-refractivity contribution is 6.30. The smallest absolute Gasteiger partial charge is 0.232 e. The molecule has 1 aliphatic heterocycles. The van der Waals surface area contributed by atoms with Gasteiger partial charge in [-0.05, 0) is 42.8 Å². The molecule has 1 atom stereocenters. The molecule has 0 saturated carbocycles. The quantitative estimate of drug-likeness (QED) is 0.718. The van der Waals surface area contributed by atoms with Crippen molar-refractivity contribution in [1.82, 2.24) is 15.1 Å². The molecule has 0 radical (unpaired) electrons. The molecule has 1 aliphatic rings. The van der Waals surface area contributed by atoms with Gasteiger partial charge in [0, 0.05) is 29.9 Å². The van der Waals surface area contributed by atoms with Crippen molar-refractivity contribution in [3.63, 3.8) is 0 Å². The van der Waals surface area contributed by atoms with E-state index in [0.717, 1.165) is 11.3 Å². The maximum atomic E-state index is 12.5. The first-order chi connectivity index (χ1) is 12.1. The third kappa shape index (κ3) is 3.00. The summed E-state index contributed by atoms with van der Waals surface area (Å²) in [4.78, 5) is 22.8. The summed E-state index contributed by atoms with van der Waals surface area (Å²) in [5.41, 5.74) is 2.47. The fourth-order valence-corrected chi connectivity index (χ4v) is 3.25. The maximum Gasteiger partial charge on any atom is 0.232 e. The lowest BCUT2D eigenvalue weighted by atomic mass is 10.1. The van der Waals surface area contributed by atoms with E-state index in [1.807, 2.05) is 37.3 Å². The molecule has 3 aromatic rings. The molecule has 1 amide bonds. The zero-order chi connectivity index (χ0) is 17.4. The van der Waals surface area contributed by atoms with Gasteiger partial charge in [0.05, 0.1) is 5.92 Å². The molecule has 4 rings (SSSR count). The maximum absolute atomic E-state index is 12.5. The van der Waals surface area contributed by atoms with Crippen LogP contribution < -0.4 is 4.90 Å². The van der Waals surface area contributed by atoms with E-state index in [-0.39, 0.29) is 11.8 Å². The van der Waals surface area contributed by atoms with Crippen LogP contribution in [-0.2, 0) is 4.79 Å². The summed E-state index contributed by atoms with van der Waals surface area (Å²) in [7, 11) is 0. The molecule has 7 heteroatoms. The first-order valence-corrected chi connectivity index (χ1v) is 8.31. The predicted molar refractivity (Wildman–Crippen MR) is 93.4 cm³/mol. The average Bonchev–Trinajstić information content (AvgIpc) is 3.23. The highest BCUT2D eigenvalue weighted by Crippen LogP contribution is 2.34. The Morgan fingerprint density at radius 1 is 1.28 bits per heavy atom. The molecule has 2 aromatic heterocycles. The molecule has 0 aliphatic carbocycles. The summed E-state index contributed by atoms with van der Waals surface area (Å²) in [5.74, 6) is 0.799. The van der Waals surface area contributed by atoms with Gasteiger partial charge in [-0.2, -0.15) is 4.98 Å². The van der Waals surface area contributed by atoms with E-state index in [1.54, 1.807) is 17.2 Å². The Bertz CT molecular complexity index is 926. The number of hydrogen-bond donors (Lipinski definition) is 0. The number of rotatable bonds is 3. The molecule has 0 N–H and O–H groups in total. The van der Waals surface area contributed by atoms with Crippen molar-refractivity contribution in [2.24, 2.45) is 0 Å². The van der Waals surface area contributed by atoms with Crippen molar-refractivity contribution in [2.75, 3.05) is 11.4 Å². The Balaban J connectivity index is 1.57. The molecular formula is C18H15ClN4O2. The number of nitrogens with zero attached hydrogens (tertiary/aromatic N) is 4. The highest BCUT2D eigenvalue weighted by atomic mass is 35.5. The van der Waals surface area contributed by atoms with E-state index < -0.39 is 0 Å². The van der Waals surface area contributed by atoms with Crippen molar-refractivity contribution < 1.29 is 9.32 Å². The SMILES string of the molecule is Cc1cc(Cl)ccc1N1CC(c2nc(-c3ccccn3)no2)CC1=O. The molecular weight excluding hydrogens is 340 g/mol. The van der Waals surface area contributed by atoms with Crippen LogP contribution >= 0.6 is 11.6 Å².